The molecule has 0 aliphatic carbocycles. The maximum absolute atomic E-state index is 11.1. The van der Waals surface area contributed by atoms with Gasteiger partial charge >= 0.3 is 0 Å². The number of rotatable bonds is 6. The summed E-state index contributed by atoms with van der Waals surface area (Å²) in [6.07, 6.45) is 0.361. The van der Waals surface area contributed by atoms with Gasteiger partial charge in [0, 0.05) is 6.61 Å². The predicted octanol–water partition coefficient (Wildman–Crippen LogP) is 1.62. The summed E-state index contributed by atoms with van der Waals surface area (Å²) in [5.41, 5.74) is 0. The predicted molar refractivity (Wildman–Crippen MR) is 46.8 cm³/mol. The van der Waals surface area contributed by atoms with Crippen LogP contribution in [0.5, 0.6) is 0 Å². The third-order valence-corrected chi connectivity index (χ3v) is 1.78. The van der Waals surface area contributed by atoms with E-state index in [2.05, 4.69) is 0 Å². The second kappa shape index (κ2) is 5.76. The average Bonchev–Trinajstić information content (AvgIpc) is 1.85. The Morgan fingerprint density at radius 1 is 1.18 bits per heavy atom. The van der Waals surface area contributed by atoms with Crippen molar-refractivity contribution in [2.45, 2.75) is 6.92 Å². The molecule has 0 heterocycles. The Morgan fingerprint density at radius 2 is 1.73 bits per heavy atom. The Balaban J connectivity index is 3.09. The maximum Gasteiger partial charge on any atom is 0.106 e. The molecule has 68 valence electrons. The molecule has 0 N–H and O–H groups in total. The lowest BCUT2D eigenvalue weighted by Gasteiger charge is -2.07. The van der Waals surface area contributed by atoms with Crippen LogP contribution in [-0.2, 0) is 14.0 Å². The van der Waals surface area contributed by atoms with E-state index in [-0.39, 0.29) is 0 Å². The van der Waals surface area contributed by atoms with E-state index in [0.717, 1.165) is 0 Å². The Kier molecular flexibility index (Phi) is 5.83. The van der Waals surface area contributed by atoms with E-state index in [1.807, 2.05) is 6.92 Å². The van der Waals surface area contributed by atoms with Gasteiger partial charge in [-0.1, -0.05) is 0 Å². The lowest BCUT2D eigenvalue weighted by molar-refractivity contribution is 0.0700. The first-order valence-electron chi connectivity index (χ1n) is 3.76. The highest BCUT2D eigenvalue weighted by atomic mass is 31.2. The van der Waals surface area contributed by atoms with E-state index >= 15 is 0 Å². The van der Waals surface area contributed by atoms with Crippen molar-refractivity contribution >= 4 is 7.14 Å². The van der Waals surface area contributed by atoms with E-state index in [9.17, 15) is 4.57 Å². The van der Waals surface area contributed by atoms with Gasteiger partial charge in [0.05, 0.1) is 19.6 Å². The van der Waals surface area contributed by atoms with Gasteiger partial charge in [0.25, 0.3) is 0 Å². The zero-order valence-corrected chi connectivity index (χ0v) is 8.39. The highest BCUT2D eigenvalue weighted by molar-refractivity contribution is 7.62. The molecule has 0 atom stereocenters. The standard InChI is InChI=1S/C7H17O3P/c1-4-9-5-6-10-7-11(2,3)8/h4-7H2,1-3H3. The van der Waals surface area contributed by atoms with Crippen LogP contribution < -0.4 is 0 Å². The van der Waals surface area contributed by atoms with Gasteiger partial charge in [0.15, 0.2) is 0 Å². The molecule has 4 heteroatoms. The van der Waals surface area contributed by atoms with Gasteiger partial charge in [-0.05, 0) is 20.3 Å². The average molecular weight is 180 g/mol. The van der Waals surface area contributed by atoms with Crippen LogP contribution in [0.25, 0.3) is 0 Å². The molecular formula is C7H17O3P. The second-order valence-corrected chi connectivity index (χ2v) is 6.21. The molecule has 0 aromatic carbocycles. The van der Waals surface area contributed by atoms with Crippen LogP contribution in [0.1, 0.15) is 6.92 Å². The van der Waals surface area contributed by atoms with Crippen molar-refractivity contribution in [2.24, 2.45) is 0 Å². The second-order valence-electron chi connectivity index (χ2n) is 2.81. The van der Waals surface area contributed by atoms with Gasteiger partial charge in [-0.2, -0.15) is 0 Å². The zero-order valence-electron chi connectivity index (χ0n) is 7.50. The summed E-state index contributed by atoms with van der Waals surface area (Å²) in [4.78, 5) is 0. The summed E-state index contributed by atoms with van der Waals surface area (Å²) in [5.74, 6) is 0. The fraction of sp³-hybridized carbons (Fsp3) is 1.00. The molecule has 0 spiro atoms. The largest absolute Gasteiger partial charge is 0.379 e. The van der Waals surface area contributed by atoms with Crippen molar-refractivity contribution < 1.29 is 14.0 Å². The van der Waals surface area contributed by atoms with Crippen molar-refractivity contribution in [3.8, 4) is 0 Å². The van der Waals surface area contributed by atoms with Gasteiger partial charge in [-0.15, -0.1) is 0 Å². The smallest absolute Gasteiger partial charge is 0.106 e. The summed E-state index contributed by atoms with van der Waals surface area (Å²) < 4.78 is 21.2. The molecule has 0 aromatic rings. The Labute approximate surface area is 68.4 Å². The molecule has 0 unspecified atom stereocenters. The molecule has 0 rings (SSSR count). The molecule has 3 nitrogen and oxygen atoms in total. The molecule has 0 amide bonds. The molecule has 0 aromatic heterocycles. The SMILES string of the molecule is CCOCCOCP(C)(C)=O. The fourth-order valence-electron chi connectivity index (χ4n) is 0.547. The van der Waals surface area contributed by atoms with E-state index in [1.165, 1.54) is 0 Å². The van der Waals surface area contributed by atoms with Crippen LogP contribution in [0.4, 0.5) is 0 Å². The number of ether oxygens (including phenoxy) is 2. The van der Waals surface area contributed by atoms with Crippen molar-refractivity contribution in [2.75, 3.05) is 39.5 Å². The summed E-state index contributed by atoms with van der Waals surface area (Å²) in [5, 5.41) is 0. The quantitative estimate of drug-likeness (QED) is 0.460. The third kappa shape index (κ3) is 10.2. The summed E-state index contributed by atoms with van der Waals surface area (Å²) in [6.45, 7) is 7.21. The minimum atomic E-state index is -1.99. The maximum atomic E-state index is 11.1. The highest BCUT2D eigenvalue weighted by Gasteiger charge is 2.05. The molecule has 0 bridgehead atoms. The zero-order chi connectivity index (χ0) is 8.74. The first-order chi connectivity index (χ1) is 5.06. The molecule has 11 heavy (non-hydrogen) atoms. The highest BCUT2D eigenvalue weighted by Crippen LogP contribution is 2.35. The van der Waals surface area contributed by atoms with Gasteiger partial charge in [0.1, 0.15) is 7.14 Å². The monoisotopic (exact) mass is 180 g/mol. The minimum Gasteiger partial charge on any atom is -0.379 e. The molecule has 0 radical (unpaired) electrons. The molecule has 0 fully saturated rings. The first kappa shape index (κ1) is 11.2. The molecular weight excluding hydrogens is 163 g/mol. The lowest BCUT2D eigenvalue weighted by Crippen LogP contribution is -2.04. The van der Waals surface area contributed by atoms with Gasteiger partial charge in [-0.3, -0.25) is 0 Å². The summed E-state index contributed by atoms with van der Waals surface area (Å²) in [7, 11) is -1.99. The lowest BCUT2D eigenvalue weighted by atomic mass is 10.7. The fourth-order valence-corrected chi connectivity index (χ4v) is 1.12. The van der Waals surface area contributed by atoms with Crippen molar-refractivity contribution in [1.29, 1.82) is 0 Å². The Bertz CT molecular complexity index is 130. The molecule has 0 saturated carbocycles. The molecule has 0 aliphatic rings. The Morgan fingerprint density at radius 3 is 2.18 bits per heavy atom. The van der Waals surface area contributed by atoms with Gasteiger partial charge in [-0.25, -0.2) is 0 Å². The Hall–Kier alpha value is 0.150. The van der Waals surface area contributed by atoms with Crippen molar-refractivity contribution in [3.05, 3.63) is 0 Å². The first-order valence-corrected chi connectivity index (χ1v) is 6.54. The number of hydrogen-bond donors (Lipinski definition) is 0. The van der Waals surface area contributed by atoms with Crippen molar-refractivity contribution in [1.82, 2.24) is 0 Å². The van der Waals surface area contributed by atoms with Crippen molar-refractivity contribution in [3.63, 3.8) is 0 Å². The molecule has 0 saturated heterocycles. The van der Waals surface area contributed by atoms with Crippen LogP contribution in [0.15, 0.2) is 0 Å². The van der Waals surface area contributed by atoms with E-state index in [4.69, 9.17) is 9.47 Å². The molecule has 0 aliphatic heterocycles. The number of hydrogen-bond acceptors (Lipinski definition) is 3. The topological polar surface area (TPSA) is 35.5 Å². The third-order valence-electron chi connectivity index (χ3n) is 0.978. The van der Waals surface area contributed by atoms with Crippen LogP contribution in [-0.4, -0.2) is 39.5 Å². The van der Waals surface area contributed by atoms with E-state index in [0.29, 0.717) is 26.2 Å². The van der Waals surface area contributed by atoms with E-state index < -0.39 is 7.14 Å². The van der Waals surface area contributed by atoms with Gasteiger partial charge < -0.3 is 14.0 Å². The normalized spacial score (nSPS) is 11.9. The van der Waals surface area contributed by atoms with Crippen LogP contribution in [0.3, 0.4) is 0 Å². The minimum absolute atomic E-state index is 0.361. The van der Waals surface area contributed by atoms with E-state index in [1.54, 1.807) is 13.3 Å². The summed E-state index contributed by atoms with van der Waals surface area (Å²) >= 11 is 0. The van der Waals surface area contributed by atoms with Crippen LogP contribution in [0, 0.1) is 0 Å². The van der Waals surface area contributed by atoms with Crippen LogP contribution in [0.2, 0.25) is 0 Å². The van der Waals surface area contributed by atoms with Gasteiger partial charge in [0.2, 0.25) is 0 Å². The summed E-state index contributed by atoms with van der Waals surface area (Å²) in [6, 6.07) is 0. The van der Waals surface area contributed by atoms with Crippen LogP contribution >= 0.6 is 7.14 Å².